The number of carbonyl (C=O) groups excluding carboxylic acids is 2. The Morgan fingerprint density at radius 3 is 2.59 bits per heavy atom. The van der Waals surface area contributed by atoms with Crippen molar-refractivity contribution in [1.29, 1.82) is 5.26 Å². The van der Waals surface area contributed by atoms with Gasteiger partial charge in [-0.05, 0) is 44.4 Å². The SMILES string of the molecule is CC12SSC3(C[C@](C)(C#N)C(c4ccc5c(c4)OCO5)N3C1=O)C(=O)N2C1CC1. The number of fused-ring (bicyclic) bond motifs is 3. The Morgan fingerprint density at radius 2 is 1.86 bits per heavy atom. The molecule has 3 unspecified atom stereocenters. The van der Waals surface area contributed by atoms with Crippen LogP contribution in [0, 0.1) is 16.7 Å². The molecule has 1 aliphatic carbocycles. The number of nitriles is 1. The molecule has 150 valence electrons. The van der Waals surface area contributed by atoms with Crippen LogP contribution >= 0.6 is 21.6 Å². The van der Waals surface area contributed by atoms with Gasteiger partial charge in [0.05, 0.1) is 17.5 Å². The molecule has 5 fully saturated rings. The molecule has 1 spiro atoms. The maximum absolute atomic E-state index is 13.8. The number of ether oxygens (including phenoxy) is 2. The molecule has 0 aromatic heterocycles. The predicted molar refractivity (Wildman–Crippen MR) is 107 cm³/mol. The summed E-state index contributed by atoms with van der Waals surface area (Å²) in [5.74, 6) is 1.17. The van der Waals surface area contributed by atoms with E-state index in [4.69, 9.17) is 9.47 Å². The van der Waals surface area contributed by atoms with E-state index in [1.54, 1.807) is 4.90 Å². The molecular formula is C20H19N3O4S2. The number of hydrogen-bond acceptors (Lipinski definition) is 7. The first-order valence-electron chi connectivity index (χ1n) is 9.69. The van der Waals surface area contributed by atoms with E-state index in [9.17, 15) is 14.9 Å². The van der Waals surface area contributed by atoms with Crippen LogP contribution in [0.25, 0.3) is 0 Å². The molecule has 5 aliphatic heterocycles. The summed E-state index contributed by atoms with van der Waals surface area (Å²) in [5, 5.41) is 10.2. The molecule has 2 bridgehead atoms. The molecule has 1 saturated carbocycles. The summed E-state index contributed by atoms with van der Waals surface area (Å²) in [6.45, 7) is 3.87. The number of rotatable bonds is 2. The molecule has 5 heterocycles. The minimum absolute atomic E-state index is 0.0180. The fraction of sp³-hybridized carbons (Fsp3) is 0.550. The van der Waals surface area contributed by atoms with Crippen LogP contribution in [-0.2, 0) is 9.59 Å². The monoisotopic (exact) mass is 429 g/mol. The molecule has 0 radical (unpaired) electrons. The van der Waals surface area contributed by atoms with Crippen LogP contribution in [0.5, 0.6) is 11.5 Å². The van der Waals surface area contributed by atoms with Crippen LogP contribution in [0.2, 0.25) is 0 Å². The number of piperazine rings is 1. The Hall–Kier alpha value is -2.05. The van der Waals surface area contributed by atoms with Gasteiger partial charge in [-0.3, -0.25) is 9.59 Å². The van der Waals surface area contributed by atoms with E-state index in [2.05, 4.69) is 6.07 Å². The van der Waals surface area contributed by atoms with E-state index >= 15 is 0 Å². The van der Waals surface area contributed by atoms with Crippen LogP contribution in [-0.4, -0.2) is 44.2 Å². The highest BCUT2D eigenvalue weighted by Gasteiger charge is 2.76. The normalized spacial score (nSPS) is 39.7. The van der Waals surface area contributed by atoms with Gasteiger partial charge in [-0.15, -0.1) is 0 Å². The van der Waals surface area contributed by atoms with E-state index in [0.717, 1.165) is 18.4 Å². The van der Waals surface area contributed by atoms with Gasteiger partial charge in [-0.2, -0.15) is 5.26 Å². The van der Waals surface area contributed by atoms with E-state index in [1.165, 1.54) is 21.6 Å². The Bertz CT molecular complexity index is 1020. The number of carbonyl (C=O) groups is 2. The minimum Gasteiger partial charge on any atom is -0.454 e. The van der Waals surface area contributed by atoms with Gasteiger partial charge in [-0.1, -0.05) is 27.7 Å². The van der Waals surface area contributed by atoms with Crippen molar-refractivity contribution in [3.8, 4) is 17.6 Å². The summed E-state index contributed by atoms with van der Waals surface area (Å²) in [4.78, 5) is 29.1. The van der Waals surface area contributed by atoms with Crippen molar-refractivity contribution < 1.29 is 19.1 Å². The maximum atomic E-state index is 13.8. The van der Waals surface area contributed by atoms with Crippen molar-refractivity contribution in [3.05, 3.63) is 23.8 Å². The molecule has 0 N–H and O–H groups in total. The van der Waals surface area contributed by atoms with Crippen molar-refractivity contribution in [1.82, 2.24) is 9.80 Å². The molecular weight excluding hydrogens is 410 g/mol. The molecule has 1 aromatic rings. The summed E-state index contributed by atoms with van der Waals surface area (Å²) in [6, 6.07) is 7.61. The second-order valence-corrected chi connectivity index (χ2v) is 11.5. The maximum Gasteiger partial charge on any atom is 0.261 e. The molecule has 4 saturated heterocycles. The van der Waals surface area contributed by atoms with Gasteiger partial charge in [0.15, 0.2) is 21.2 Å². The summed E-state index contributed by atoms with van der Waals surface area (Å²) in [6.07, 6.45) is 2.20. The fourth-order valence-electron chi connectivity index (χ4n) is 5.22. The highest BCUT2D eigenvalue weighted by atomic mass is 33.1. The lowest BCUT2D eigenvalue weighted by Gasteiger charge is -2.58. The topological polar surface area (TPSA) is 82.9 Å². The molecule has 29 heavy (non-hydrogen) atoms. The lowest BCUT2D eigenvalue weighted by atomic mass is 9.79. The van der Waals surface area contributed by atoms with E-state index in [-0.39, 0.29) is 24.6 Å². The van der Waals surface area contributed by atoms with Gasteiger partial charge in [0.25, 0.3) is 11.8 Å². The second kappa shape index (κ2) is 5.35. The van der Waals surface area contributed by atoms with Crippen LogP contribution in [0.4, 0.5) is 0 Å². The summed E-state index contributed by atoms with van der Waals surface area (Å²) < 4.78 is 10.9. The molecule has 7 nitrogen and oxygen atoms in total. The van der Waals surface area contributed by atoms with Crippen LogP contribution in [0.1, 0.15) is 44.7 Å². The van der Waals surface area contributed by atoms with E-state index < -0.39 is 21.2 Å². The molecule has 7 rings (SSSR count). The van der Waals surface area contributed by atoms with Crippen molar-refractivity contribution in [2.45, 2.75) is 54.9 Å². The van der Waals surface area contributed by atoms with Crippen LogP contribution in [0.15, 0.2) is 18.2 Å². The average Bonchev–Trinajstić information content (AvgIpc) is 3.34. The van der Waals surface area contributed by atoms with Gasteiger partial charge >= 0.3 is 0 Å². The fourth-order valence-corrected chi connectivity index (χ4v) is 8.79. The van der Waals surface area contributed by atoms with Crippen molar-refractivity contribution in [2.75, 3.05) is 6.79 Å². The smallest absolute Gasteiger partial charge is 0.261 e. The zero-order valence-corrected chi connectivity index (χ0v) is 17.6. The highest BCUT2D eigenvalue weighted by Crippen LogP contribution is 2.70. The van der Waals surface area contributed by atoms with E-state index in [0.29, 0.717) is 17.9 Å². The van der Waals surface area contributed by atoms with Crippen molar-refractivity contribution in [3.63, 3.8) is 0 Å². The van der Waals surface area contributed by atoms with Gasteiger partial charge in [-0.25, -0.2) is 0 Å². The summed E-state index contributed by atoms with van der Waals surface area (Å²) >= 11 is 0. The van der Waals surface area contributed by atoms with Crippen LogP contribution in [0.3, 0.4) is 0 Å². The number of benzene rings is 1. The van der Waals surface area contributed by atoms with Crippen molar-refractivity contribution >= 4 is 33.4 Å². The lowest BCUT2D eigenvalue weighted by Crippen LogP contribution is -2.75. The third-order valence-electron chi connectivity index (χ3n) is 6.71. The van der Waals surface area contributed by atoms with Gasteiger partial charge < -0.3 is 19.3 Å². The summed E-state index contributed by atoms with van der Waals surface area (Å²) in [7, 11) is 2.93. The molecule has 4 atom stereocenters. The third-order valence-corrected chi connectivity index (χ3v) is 10.3. The Balaban J connectivity index is 1.53. The largest absolute Gasteiger partial charge is 0.454 e. The number of amides is 2. The zero-order chi connectivity index (χ0) is 20.2. The Kier molecular flexibility index (Phi) is 3.28. The Labute approximate surface area is 176 Å². The van der Waals surface area contributed by atoms with Crippen LogP contribution < -0.4 is 9.47 Å². The Morgan fingerprint density at radius 1 is 1.10 bits per heavy atom. The van der Waals surface area contributed by atoms with Crippen molar-refractivity contribution in [2.24, 2.45) is 5.41 Å². The second-order valence-electron chi connectivity index (χ2n) is 8.74. The van der Waals surface area contributed by atoms with Gasteiger partial charge in [0, 0.05) is 12.5 Å². The lowest BCUT2D eigenvalue weighted by molar-refractivity contribution is -0.166. The number of nitrogens with zero attached hydrogens (tertiary/aromatic N) is 3. The molecule has 9 heteroatoms. The van der Waals surface area contributed by atoms with Gasteiger partial charge in [0.2, 0.25) is 6.79 Å². The van der Waals surface area contributed by atoms with Gasteiger partial charge in [0.1, 0.15) is 0 Å². The molecule has 2 amide bonds. The average molecular weight is 430 g/mol. The minimum atomic E-state index is -1.03. The third kappa shape index (κ3) is 2.01. The zero-order valence-electron chi connectivity index (χ0n) is 16.0. The predicted octanol–water partition coefficient (Wildman–Crippen LogP) is 3.03. The molecule has 1 aromatic carbocycles. The number of hydrogen-bond donors (Lipinski definition) is 0. The van der Waals surface area contributed by atoms with E-state index in [1.807, 2.05) is 36.9 Å². The quantitative estimate of drug-likeness (QED) is 0.668. The first-order valence-corrected chi connectivity index (χ1v) is 11.8. The highest BCUT2D eigenvalue weighted by molar-refractivity contribution is 8.78. The molecule has 6 aliphatic rings. The first-order chi connectivity index (χ1) is 13.8. The standard InChI is InChI=1S/C20H19N3O4S2/c1-18(9-21)8-20-17(25)22(12-4-5-12)19(2,28-29-20)16(24)23(20)15(18)11-3-6-13-14(7-11)27-10-26-13/h3,6-7,12,15H,4-5,8,10H2,1-2H3/t15?,18-,19?,20?/m1/s1. The first kappa shape index (κ1) is 17.8. The summed E-state index contributed by atoms with van der Waals surface area (Å²) in [5.41, 5.74) is -0.0896.